The largest absolute Gasteiger partial charge is 0.493 e. The van der Waals surface area contributed by atoms with Crippen molar-refractivity contribution in [3.8, 4) is 11.5 Å². The van der Waals surface area contributed by atoms with E-state index in [1.807, 2.05) is 24.3 Å². The Morgan fingerprint density at radius 1 is 1.21 bits per heavy atom. The lowest BCUT2D eigenvalue weighted by molar-refractivity contribution is 0.0600. The number of aromatic nitrogens is 3. The molecule has 0 amide bonds. The Kier molecular flexibility index (Phi) is 6.18. The lowest BCUT2D eigenvalue weighted by Gasteiger charge is -2.11. The molecule has 1 N–H and O–H groups in total. The number of methoxy groups -OCH3 is 2. The fourth-order valence-electron chi connectivity index (χ4n) is 2.35. The minimum absolute atomic E-state index is 0.329. The molecular formula is C19H18N4O4S. The van der Waals surface area contributed by atoms with E-state index in [1.54, 1.807) is 31.5 Å². The first-order valence-corrected chi connectivity index (χ1v) is 8.66. The van der Waals surface area contributed by atoms with E-state index in [0.29, 0.717) is 28.4 Å². The number of rotatable bonds is 7. The second-order valence-corrected chi connectivity index (χ2v) is 6.02. The number of ether oxygens (including phenoxy) is 3. The fraction of sp³-hybridized carbons (Fsp3) is 0.158. The maximum atomic E-state index is 11.5. The van der Waals surface area contributed by atoms with Crippen molar-refractivity contribution in [1.82, 2.24) is 14.9 Å². The molecule has 0 saturated heterocycles. The molecule has 0 aliphatic heterocycles. The van der Waals surface area contributed by atoms with Crippen LogP contribution in [0.25, 0.3) is 0 Å². The minimum Gasteiger partial charge on any atom is -0.493 e. The van der Waals surface area contributed by atoms with Crippen molar-refractivity contribution in [3.05, 3.63) is 70.3 Å². The molecule has 3 rings (SSSR count). The quantitative estimate of drug-likeness (QED) is 0.373. The Balaban J connectivity index is 1.69. The van der Waals surface area contributed by atoms with Crippen LogP contribution in [0.4, 0.5) is 0 Å². The van der Waals surface area contributed by atoms with Gasteiger partial charge in [0.1, 0.15) is 12.9 Å². The summed E-state index contributed by atoms with van der Waals surface area (Å²) < 4.78 is 17.8. The summed E-state index contributed by atoms with van der Waals surface area (Å²) in [6.45, 7) is 0.329. The van der Waals surface area contributed by atoms with Gasteiger partial charge in [-0.3, -0.25) is 5.10 Å². The van der Waals surface area contributed by atoms with Gasteiger partial charge < -0.3 is 14.2 Å². The van der Waals surface area contributed by atoms with E-state index in [9.17, 15) is 4.79 Å². The van der Waals surface area contributed by atoms with Crippen LogP contribution in [-0.4, -0.2) is 41.3 Å². The van der Waals surface area contributed by atoms with Crippen molar-refractivity contribution in [2.24, 2.45) is 5.10 Å². The molecule has 9 heteroatoms. The molecule has 0 spiro atoms. The Morgan fingerprint density at radius 2 is 2.00 bits per heavy atom. The van der Waals surface area contributed by atoms with Crippen molar-refractivity contribution in [2.45, 2.75) is 6.61 Å². The summed E-state index contributed by atoms with van der Waals surface area (Å²) >= 11 is 5.04. The van der Waals surface area contributed by atoms with Crippen LogP contribution in [0.3, 0.4) is 0 Å². The molecule has 0 bridgehead atoms. The normalized spacial score (nSPS) is 10.8. The highest BCUT2D eigenvalue weighted by atomic mass is 32.1. The predicted molar refractivity (Wildman–Crippen MR) is 106 cm³/mol. The number of nitrogens with zero attached hydrogens (tertiary/aromatic N) is 3. The summed E-state index contributed by atoms with van der Waals surface area (Å²) in [6.07, 6.45) is 3.13. The molecule has 0 atom stereocenters. The maximum absolute atomic E-state index is 11.5. The number of H-pyrrole nitrogens is 1. The van der Waals surface area contributed by atoms with Gasteiger partial charge in [-0.2, -0.15) is 14.9 Å². The van der Waals surface area contributed by atoms with Gasteiger partial charge in [0, 0.05) is 0 Å². The van der Waals surface area contributed by atoms with E-state index < -0.39 is 0 Å². The molecule has 1 aromatic heterocycles. The maximum Gasteiger partial charge on any atom is 0.337 e. The van der Waals surface area contributed by atoms with Crippen LogP contribution in [0, 0.1) is 4.77 Å². The zero-order chi connectivity index (χ0) is 19.9. The molecule has 0 unspecified atom stereocenters. The lowest BCUT2D eigenvalue weighted by Crippen LogP contribution is -2.02. The lowest BCUT2D eigenvalue weighted by atomic mass is 10.1. The SMILES string of the molecule is COC(=O)c1ccc(COc2ccc(/C=N\n3cn[nH]c3=S)cc2OC)cc1. The van der Waals surface area contributed by atoms with Gasteiger partial charge in [0.15, 0.2) is 11.5 Å². The second-order valence-electron chi connectivity index (χ2n) is 5.64. The first kappa shape index (κ1) is 19.3. The van der Waals surface area contributed by atoms with Crippen LogP contribution >= 0.6 is 12.2 Å². The van der Waals surface area contributed by atoms with Gasteiger partial charge in [0.25, 0.3) is 0 Å². The van der Waals surface area contributed by atoms with Crippen LogP contribution in [0.15, 0.2) is 53.9 Å². The topological polar surface area (TPSA) is 90.7 Å². The van der Waals surface area contributed by atoms with Crippen LogP contribution in [-0.2, 0) is 11.3 Å². The van der Waals surface area contributed by atoms with Gasteiger partial charge in [-0.1, -0.05) is 12.1 Å². The summed E-state index contributed by atoms with van der Waals surface area (Å²) in [6, 6.07) is 12.5. The molecule has 1 heterocycles. The average Bonchev–Trinajstić information content (AvgIpc) is 3.15. The van der Waals surface area contributed by atoms with Gasteiger partial charge in [0.2, 0.25) is 4.77 Å². The molecule has 144 valence electrons. The number of hydrogen-bond acceptors (Lipinski definition) is 7. The number of nitrogens with one attached hydrogen (secondary N) is 1. The van der Waals surface area contributed by atoms with Gasteiger partial charge in [0.05, 0.1) is 26.0 Å². The molecule has 0 saturated carbocycles. The van der Waals surface area contributed by atoms with E-state index in [1.165, 1.54) is 18.1 Å². The predicted octanol–water partition coefficient (Wildman–Crippen LogP) is 3.20. The number of carbonyl (C=O) groups is 1. The molecule has 28 heavy (non-hydrogen) atoms. The van der Waals surface area contributed by atoms with Crippen LogP contribution in [0.5, 0.6) is 11.5 Å². The van der Waals surface area contributed by atoms with Crippen molar-refractivity contribution in [2.75, 3.05) is 14.2 Å². The third kappa shape index (κ3) is 4.63. The standard InChI is InChI=1S/C19H18N4O4S/c1-25-17-9-14(10-21-23-12-20-22-19(23)28)5-8-16(17)27-11-13-3-6-15(7-4-13)18(24)26-2/h3-10,12H,11H2,1-2H3,(H,22,28)/b21-10-. The molecule has 8 nitrogen and oxygen atoms in total. The average molecular weight is 398 g/mol. The number of aromatic amines is 1. The second kappa shape index (κ2) is 8.96. The number of carbonyl (C=O) groups excluding carboxylic acids is 1. The van der Waals surface area contributed by atoms with E-state index in [0.717, 1.165) is 11.1 Å². The number of benzene rings is 2. The molecule has 2 aromatic carbocycles. The summed E-state index contributed by atoms with van der Waals surface area (Å²) in [7, 11) is 2.92. The molecule has 0 radical (unpaired) electrons. The number of esters is 1. The summed E-state index contributed by atoms with van der Waals surface area (Å²) in [5, 5.41) is 10.7. The highest BCUT2D eigenvalue weighted by molar-refractivity contribution is 7.71. The first-order chi connectivity index (χ1) is 13.6. The highest BCUT2D eigenvalue weighted by Gasteiger charge is 2.07. The van der Waals surface area contributed by atoms with Gasteiger partial charge in [-0.15, -0.1) is 0 Å². The van der Waals surface area contributed by atoms with Crippen LogP contribution in [0.1, 0.15) is 21.5 Å². The first-order valence-electron chi connectivity index (χ1n) is 8.25. The molecule has 3 aromatic rings. The number of hydrogen-bond donors (Lipinski definition) is 1. The molecular weight excluding hydrogens is 380 g/mol. The smallest absolute Gasteiger partial charge is 0.337 e. The van der Waals surface area contributed by atoms with E-state index in [4.69, 9.17) is 21.7 Å². The van der Waals surface area contributed by atoms with E-state index >= 15 is 0 Å². The third-order valence-corrected chi connectivity index (χ3v) is 4.10. The summed E-state index contributed by atoms with van der Waals surface area (Å²) in [5.74, 6) is 0.797. The van der Waals surface area contributed by atoms with Crippen LogP contribution < -0.4 is 9.47 Å². The minimum atomic E-state index is -0.372. The van der Waals surface area contributed by atoms with Crippen LogP contribution in [0.2, 0.25) is 0 Å². The highest BCUT2D eigenvalue weighted by Crippen LogP contribution is 2.28. The Labute approximate surface area is 166 Å². The molecule has 0 fully saturated rings. The third-order valence-electron chi connectivity index (χ3n) is 3.82. The summed E-state index contributed by atoms with van der Waals surface area (Å²) in [4.78, 5) is 11.5. The van der Waals surface area contributed by atoms with Crippen molar-refractivity contribution in [3.63, 3.8) is 0 Å². The Hall–Kier alpha value is -3.46. The zero-order valence-electron chi connectivity index (χ0n) is 15.3. The van der Waals surface area contributed by atoms with Gasteiger partial charge in [-0.25, -0.2) is 4.79 Å². The monoisotopic (exact) mass is 398 g/mol. The molecule has 0 aliphatic rings. The van der Waals surface area contributed by atoms with Crippen molar-refractivity contribution < 1.29 is 19.0 Å². The molecule has 0 aliphatic carbocycles. The van der Waals surface area contributed by atoms with E-state index in [-0.39, 0.29) is 5.97 Å². The van der Waals surface area contributed by atoms with Crippen molar-refractivity contribution >= 4 is 24.4 Å². The van der Waals surface area contributed by atoms with Crippen molar-refractivity contribution in [1.29, 1.82) is 0 Å². The fourth-order valence-corrected chi connectivity index (χ4v) is 2.50. The Morgan fingerprint density at radius 3 is 2.64 bits per heavy atom. The van der Waals surface area contributed by atoms with E-state index in [2.05, 4.69) is 20.0 Å². The summed E-state index contributed by atoms with van der Waals surface area (Å²) in [5.41, 5.74) is 2.22. The zero-order valence-corrected chi connectivity index (χ0v) is 16.1. The Bertz CT molecular complexity index is 1040. The van der Waals surface area contributed by atoms with Gasteiger partial charge in [-0.05, 0) is 53.7 Å². The van der Waals surface area contributed by atoms with Gasteiger partial charge >= 0.3 is 5.97 Å².